The number of hydrogen-bond donors (Lipinski definition) is 0. The number of ether oxygens (including phenoxy) is 3. The smallest absolute Gasteiger partial charge is 0.373 e. The minimum absolute atomic E-state index is 0.530. The van der Waals surface area contributed by atoms with Crippen LogP contribution in [-0.4, -0.2) is 97.6 Å². The third-order valence-electron chi connectivity index (χ3n) is 6.15. The van der Waals surface area contributed by atoms with E-state index >= 15 is 0 Å². The van der Waals surface area contributed by atoms with Crippen molar-refractivity contribution in [2.24, 2.45) is 0 Å². The number of halogens is 21. The maximum absolute atomic E-state index is 13.5. The Morgan fingerprint density at radius 2 is 0.761 bits per heavy atom. The first-order valence-electron chi connectivity index (χ1n) is 12.1. The minimum Gasteiger partial charge on any atom is -0.373 e. The zero-order chi connectivity index (χ0) is 36.8. The van der Waals surface area contributed by atoms with Crippen LogP contribution in [0.4, 0.5) is 92.2 Å². The summed E-state index contributed by atoms with van der Waals surface area (Å²) in [6.45, 7) is 6.74. The molecule has 0 bridgehead atoms. The van der Waals surface area contributed by atoms with E-state index in [9.17, 15) is 92.2 Å². The van der Waals surface area contributed by atoms with Crippen LogP contribution in [0.3, 0.4) is 0 Å². The first-order valence-corrected chi connectivity index (χ1v) is 12.1. The summed E-state index contributed by atoms with van der Waals surface area (Å²) in [5.74, 6) is -76.5. The molecule has 3 heterocycles. The number of rotatable bonds is 13. The Hall–Kier alpha value is -1.85. The Balaban J connectivity index is 0.000000794. The molecule has 3 fully saturated rings. The molecule has 0 aromatic carbocycles. The molecule has 0 aliphatic carbocycles. The van der Waals surface area contributed by atoms with Crippen LogP contribution in [0.25, 0.3) is 0 Å². The predicted molar refractivity (Wildman–Crippen MR) is 110 cm³/mol. The van der Waals surface area contributed by atoms with Gasteiger partial charge in [-0.3, -0.25) is 0 Å². The largest absolute Gasteiger partial charge is 0.460 e. The summed E-state index contributed by atoms with van der Waals surface area (Å²) in [6.07, 6.45) is -7.50. The number of alkyl halides is 21. The maximum atomic E-state index is 13.5. The van der Waals surface area contributed by atoms with Gasteiger partial charge in [0, 0.05) is 6.42 Å². The van der Waals surface area contributed by atoms with E-state index in [1.807, 2.05) is 6.08 Å². The van der Waals surface area contributed by atoms with Crippen molar-refractivity contribution < 1.29 is 106 Å². The van der Waals surface area contributed by atoms with Crippen molar-refractivity contribution in [2.45, 2.75) is 104 Å². The van der Waals surface area contributed by atoms with Crippen LogP contribution in [-0.2, 0) is 14.2 Å². The molecule has 274 valence electrons. The molecule has 3 rings (SSSR count). The predicted octanol–water partition coefficient (Wildman–Crippen LogP) is 8.81. The summed E-state index contributed by atoms with van der Waals surface area (Å²) < 4.78 is 288. The number of epoxide rings is 3. The highest BCUT2D eigenvalue weighted by Gasteiger charge is 2.97. The molecule has 0 saturated carbocycles. The van der Waals surface area contributed by atoms with Gasteiger partial charge in [0.15, 0.2) is 0 Å². The fourth-order valence-electron chi connectivity index (χ4n) is 2.88. The topological polar surface area (TPSA) is 37.6 Å². The van der Waals surface area contributed by atoms with E-state index in [4.69, 9.17) is 9.47 Å². The molecule has 0 amide bonds. The second-order valence-corrected chi connectivity index (χ2v) is 9.80. The van der Waals surface area contributed by atoms with Gasteiger partial charge in [0.25, 0.3) is 0 Å². The molecule has 24 heteroatoms. The summed E-state index contributed by atoms with van der Waals surface area (Å²) >= 11 is 0. The Labute approximate surface area is 244 Å². The summed E-state index contributed by atoms with van der Waals surface area (Å²) in [6, 6.07) is 0. The lowest BCUT2D eigenvalue weighted by atomic mass is 9.85. The molecule has 3 atom stereocenters. The van der Waals surface area contributed by atoms with Gasteiger partial charge in [-0.1, -0.05) is 13.0 Å². The van der Waals surface area contributed by atoms with Gasteiger partial charge < -0.3 is 14.2 Å². The van der Waals surface area contributed by atoms with E-state index in [0.29, 0.717) is 12.2 Å². The van der Waals surface area contributed by atoms with E-state index in [-0.39, 0.29) is 0 Å². The zero-order valence-electron chi connectivity index (χ0n) is 22.4. The second-order valence-electron chi connectivity index (χ2n) is 9.80. The van der Waals surface area contributed by atoms with Gasteiger partial charge in [-0.15, -0.1) is 6.58 Å². The van der Waals surface area contributed by atoms with Crippen molar-refractivity contribution in [3.05, 3.63) is 12.7 Å². The van der Waals surface area contributed by atoms with Crippen molar-refractivity contribution in [1.82, 2.24) is 0 Å². The highest BCUT2D eigenvalue weighted by atomic mass is 19.4. The molecule has 3 saturated heterocycles. The van der Waals surface area contributed by atoms with Crippen molar-refractivity contribution in [1.29, 1.82) is 0 Å². The molecule has 0 aromatic heterocycles. The molecular formula is C22H21F21O3. The molecule has 3 aliphatic heterocycles. The third kappa shape index (κ3) is 7.41. The number of hydrogen-bond acceptors (Lipinski definition) is 3. The summed E-state index contributed by atoms with van der Waals surface area (Å²) in [4.78, 5) is 0. The van der Waals surface area contributed by atoms with Gasteiger partial charge in [0.05, 0.1) is 38.1 Å². The quantitative estimate of drug-likeness (QED) is 0.108. The lowest BCUT2D eigenvalue weighted by Crippen LogP contribution is -2.76. The van der Waals surface area contributed by atoms with Crippen molar-refractivity contribution in [3.63, 3.8) is 0 Å². The monoisotopic (exact) mass is 732 g/mol. The summed E-state index contributed by atoms with van der Waals surface area (Å²) in [5, 5.41) is 0. The van der Waals surface area contributed by atoms with E-state index in [1.165, 1.54) is 6.42 Å². The first-order chi connectivity index (χ1) is 20.2. The first kappa shape index (κ1) is 42.2. The molecule has 0 unspecified atom stereocenters. The Bertz CT molecular complexity index is 1030. The van der Waals surface area contributed by atoms with Crippen molar-refractivity contribution in [3.8, 4) is 0 Å². The van der Waals surface area contributed by atoms with Crippen LogP contribution >= 0.6 is 0 Å². The summed E-state index contributed by atoms with van der Waals surface area (Å²) in [5.41, 5.74) is 0. The minimum atomic E-state index is -9.14. The molecule has 0 spiro atoms. The van der Waals surface area contributed by atoms with Crippen LogP contribution in [0.5, 0.6) is 0 Å². The molecule has 3 aliphatic rings. The molecule has 46 heavy (non-hydrogen) atoms. The highest BCUT2D eigenvalue weighted by molar-refractivity contribution is 5.18. The SMILES string of the molecule is C=CC[C@@H]1CO1.CC[C@@H]1CO1.FC(F)(F)C(F)(F)C(F)(F)C(F)(F)C(F)(F)C(F)(F)C(F)(F)C(F)(F)C(F)(F)C(F)(F)C[C@H]1CO1. The van der Waals surface area contributed by atoms with Crippen molar-refractivity contribution in [2.75, 3.05) is 19.8 Å². The van der Waals surface area contributed by atoms with Gasteiger partial charge in [-0.25, -0.2) is 0 Å². The standard InChI is InChI=1S/C13H5F21O.C5H8O.C4H8O/c14-4(15,1-3-2-35-3)5(16,17)6(18,19)7(20,21)8(22,23)9(24,25)10(26,27)11(28,29)12(30,31)13(32,33)34;1-2-3-5-4-6-5;1-2-4-3-5-4/h3H,1-2H2;2,5H,1,3-4H2;4H,2-3H2,1H3/t3-;5-;4-/m011/s1. The maximum Gasteiger partial charge on any atom is 0.460 e. The summed E-state index contributed by atoms with van der Waals surface area (Å²) in [7, 11) is 0. The average molecular weight is 732 g/mol. The fraction of sp³-hybridized carbons (Fsp3) is 0.909. The van der Waals surface area contributed by atoms with E-state index < -0.39 is 78.6 Å². The molecule has 0 aromatic rings. The van der Waals surface area contributed by atoms with Gasteiger partial charge in [0.1, 0.15) is 0 Å². The van der Waals surface area contributed by atoms with Crippen LogP contribution in [0.1, 0.15) is 26.2 Å². The Kier molecular flexibility index (Phi) is 11.8. The molecule has 0 N–H and O–H groups in total. The van der Waals surface area contributed by atoms with Gasteiger partial charge in [-0.05, 0) is 12.8 Å². The van der Waals surface area contributed by atoms with Gasteiger partial charge >= 0.3 is 59.5 Å². The van der Waals surface area contributed by atoms with E-state index in [2.05, 4.69) is 18.2 Å². The van der Waals surface area contributed by atoms with Crippen LogP contribution in [0.15, 0.2) is 12.7 Å². The lowest BCUT2D eigenvalue weighted by molar-refractivity contribution is -0.474. The lowest BCUT2D eigenvalue weighted by Gasteiger charge is -2.44. The fourth-order valence-corrected chi connectivity index (χ4v) is 2.88. The molecular weight excluding hydrogens is 711 g/mol. The normalized spacial score (nSPS) is 23.0. The Morgan fingerprint density at radius 1 is 0.478 bits per heavy atom. The van der Waals surface area contributed by atoms with E-state index in [1.54, 1.807) is 0 Å². The Morgan fingerprint density at radius 3 is 0.957 bits per heavy atom. The van der Waals surface area contributed by atoms with Gasteiger partial charge in [-0.2, -0.15) is 92.2 Å². The zero-order valence-corrected chi connectivity index (χ0v) is 22.4. The average Bonchev–Trinajstić information content (AvgIpc) is 3.71. The van der Waals surface area contributed by atoms with Crippen LogP contribution in [0.2, 0.25) is 0 Å². The third-order valence-corrected chi connectivity index (χ3v) is 6.15. The van der Waals surface area contributed by atoms with E-state index in [0.717, 1.165) is 19.6 Å². The molecule has 3 nitrogen and oxygen atoms in total. The van der Waals surface area contributed by atoms with Crippen molar-refractivity contribution >= 4 is 0 Å². The second kappa shape index (κ2) is 12.9. The van der Waals surface area contributed by atoms with Gasteiger partial charge in [0.2, 0.25) is 0 Å². The van der Waals surface area contributed by atoms with Crippen LogP contribution in [0, 0.1) is 0 Å². The van der Waals surface area contributed by atoms with Crippen LogP contribution < -0.4 is 0 Å². The highest BCUT2D eigenvalue weighted by Crippen LogP contribution is 2.66. The molecule has 0 radical (unpaired) electrons.